The van der Waals surface area contributed by atoms with Crippen LogP contribution in [-0.4, -0.2) is 15.0 Å². The van der Waals surface area contributed by atoms with Crippen molar-refractivity contribution in [2.75, 3.05) is 0 Å². The molecule has 0 amide bonds. The quantitative estimate of drug-likeness (QED) is 0.136. The van der Waals surface area contributed by atoms with E-state index < -0.39 is 16.9 Å². The Kier molecular flexibility index (Phi) is 14.0. The molecule has 378 valence electrons. The molecule has 0 saturated heterocycles. The molecule has 18 bridgehead atoms. The topological polar surface area (TPSA) is 129 Å². The third kappa shape index (κ3) is 10.1. The molecular weight excluding hydrogens is 1360 g/mol. The second-order valence-electron chi connectivity index (χ2n) is 18.4. The van der Waals surface area contributed by atoms with E-state index in [1.54, 1.807) is 18.2 Å². The third-order valence-corrected chi connectivity index (χ3v) is 15.4. The number of benzene rings is 8. The van der Waals surface area contributed by atoms with Gasteiger partial charge in [0, 0.05) is 18.6 Å². The van der Waals surface area contributed by atoms with Crippen molar-refractivity contribution in [2.24, 2.45) is 0 Å². The van der Waals surface area contributed by atoms with Crippen molar-refractivity contribution in [3.63, 3.8) is 0 Å². The monoisotopic (exact) mass is 1390 g/mol. The smallest absolute Gasteiger partial charge is 0.470 e. The van der Waals surface area contributed by atoms with E-state index in [1.807, 2.05) is 73.2 Å². The fourth-order valence-electron chi connectivity index (χ4n) is 9.68. The Bertz CT molecular complexity index is 4700. The molecule has 0 aliphatic carbocycles. The van der Waals surface area contributed by atoms with Crippen LogP contribution in [0.25, 0.3) is 130 Å². The minimum Gasteiger partial charge on any atom is -0.470 e. The minimum absolute atomic E-state index is 0. The third-order valence-electron chi connectivity index (χ3n) is 13.5. The fraction of sp³-hybridized carbons (Fsp3) is 0. The molecule has 0 radical (unpaired) electrons. The Morgan fingerprint density at radius 3 is 0.810 bits per heavy atom. The van der Waals surface area contributed by atoms with Gasteiger partial charge in [-0.15, -0.1) is 70.8 Å². The van der Waals surface area contributed by atoms with Crippen molar-refractivity contribution in [2.45, 2.75) is 0 Å². The van der Waals surface area contributed by atoms with E-state index >= 15 is 0 Å². The average molecular weight is 1400 g/mol. The van der Waals surface area contributed by atoms with Crippen molar-refractivity contribution < 1.29 is 33.4 Å². The molecule has 24 heterocycles. The van der Waals surface area contributed by atoms with E-state index in [4.69, 9.17) is 28.2 Å². The number of halogens is 3. The number of hydrogen-bond acceptors (Lipinski definition) is 9. The van der Waals surface area contributed by atoms with Crippen LogP contribution < -0.4 is 16.9 Å². The second-order valence-corrected chi connectivity index (χ2v) is 20.9. The number of hydrogen-bond donors (Lipinski definition) is 0. The Morgan fingerprint density at radius 2 is 0.570 bits per heavy atom. The molecule has 24 aromatic heterocycles. The SMILES string of the molecule is O=c1oc2c[c-]c(cc2Br)c2ccc(cn2)c2ccccc2c2cc3cc(c2)c2ccccc2c2ccc(nc2)c2[c-]cc(oc(=O)c4cc1cc(c4)c(=O)oc1c[c-]c(cc1Br)c1ccc(cn1)c1ccccc31)c(Br)c2.[Ir+3]. The Morgan fingerprint density at radius 1 is 0.316 bits per heavy atom. The van der Waals surface area contributed by atoms with Crippen molar-refractivity contribution >= 4 is 178 Å². The molecule has 0 unspecified atom stereocenters. The van der Waals surface area contributed by atoms with Gasteiger partial charge in [-0.2, -0.15) is 0 Å². The van der Waals surface area contributed by atoms with Crippen LogP contribution in [0.5, 0.6) is 0 Å². The number of nitrogens with zero attached hydrogens (tertiary/aromatic N) is 3. The molecule has 32 rings (SSSR count). The molecular formula is C66H33Br3IrN3O6. The van der Waals surface area contributed by atoms with Crippen LogP contribution in [0.15, 0.2) is 242 Å². The van der Waals surface area contributed by atoms with Gasteiger partial charge in [0.2, 0.25) is 0 Å². The summed E-state index contributed by atoms with van der Waals surface area (Å²) in [5.74, 6) is 0. The van der Waals surface area contributed by atoms with Crippen LogP contribution in [-0.2, 0) is 20.1 Å². The predicted octanol–water partition coefficient (Wildman–Crippen LogP) is 17.3. The maximum Gasteiger partial charge on any atom is 3.00 e. The summed E-state index contributed by atoms with van der Waals surface area (Å²) in [6.07, 6.45) is 5.54. The van der Waals surface area contributed by atoms with Gasteiger partial charge in [-0.3, -0.25) is 0 Å². The van der Waals surface area contributed by atoms with Crippen LogP contribution >= 0.6 is 47.8 Å². The Hall–Kier alpha value is -8.29. The van der Waals surface area contributed by atoms with Gasteiger partial charge in [0.15, 0.2) is 0 Å². The molecule has 0 N–H and O–H groups in total. The molecule has 0 aliphatic heterocycles. The van der Waals surface area contributed by atoms with Gasteiger partial charge in [-0.1, -0.05) is 157 Å². The molecule has 0 aliphatic rings. The summed E-state index contributed by atoms with van der Waals surface area (Å²) in [6.45, 7) is 0. The van der Waals surface area contributed by atoms with E-state index in [0.29, 0.717) is 46.1 Å². The Labute approximate surface area is 485 Å². The van der Waals surface area contributed by atoms with Crippen LogP contribution in [0.4, 0.5) is 0 Å². The van der Waals surface area contributed by atoms with Crippen LogP contribution in [0, 0.1) is 18.2 Å². The molecule has 8 aromatic carbocycles. The summed E-state index contributed by atoms with van der Waals surface area (Å²) in [5.41, 5.74) is -0.350. The van der Waals surface area contributed by atoms with Crippen LogP contribution in [0.1, 0.15) is 0 Å². The first-order chi connectivity index (χ1) is 38.1. The van der Waals surface area contributed by atoms with E-state index in [-0.39, 0.29) is 53.0 Å². The molecule has 0 fully saturated rings. The number of pyridine rings is 3. The van der Waals surface area contributed by atoms with Gasteiger partial charge in [0.1, 0.15) is 0 Å². The zero-order valence-corrected chi connectivity index (χ0v) is 48.0. The molecule has 0 spiro atoms. The fourth-order valence-corrected chi connectivity index (χ4v) is 11.0. The first-order valence-corrected chi connectivity index (χ1v) is 26.7. The van der Waals surface area contributed by atoms with Gasteiger partial charge in [-0.05, 0) is 131 Å². The summed E-state index contributed by atoms with van der Waals surface area (Å²) in [7, 11) is 0. The Balaban J connectivity index is 0.00000623. The van der Waals surface area contributed by atoms with Gasteiger partial charge < -0.3 is 28.2 Å². The summed E-state index contributed by atoms with van der Waals surface area (Å²) < 4.78 is 19.0. The van der Waals surface area contributed by atoms with E-state index in [0.717, 1.165) is 64.6 Å². The van der Waals surface area contributed by atoms with Crippen molar-refractivity contribution in [1.29, 1.82) is 0 Å². The van der Waals surface area contributed by atoms with E-state index in [1.165, 1.54) is 36.4 Å². The molecule has 9 nitrogen and oxygen atoms in total. The molecule has 79 heavy (non-hydrogen) atoms. The average Bonchev–Trinajstić information content (AvgIpc) is 3.48. The number of aromatic nitrogens is 3. The molecule has 32 aromatic rings. The summed E-state index contributed by atoms with van der Waals surface area (Å²) in [5, 5.41) is 13.1. The van der Waals surface area contributed by atoms with Gasteiger partial charge >= 0.3 is 37.0 Å². The zero-order chi connectivity index (χ0) is 53.0. The number of rotatable bonds is 0. The zero-order valence-electron chi connectivity index (χ0n) is 40.8. The van der Waals surface area contributed by atoms with E-state index in [9.17, 15) is 14.4 Å². The molecule has 13 heteroatoms. The van der Waals surface area contributed by atoms with E-state index in [2.05, 4.69) is 139 Å². The summed E-state index contributed by atoms with van der Waals surface area (Å²) >= 11 is 10.8. The minimum atomic E-state index is -0.875. The maximum absolute atomic E-state index is 14.1. The predicted molar refractivity (Wildman–Crippen MR) is 324 cm³/mol. The first kappa shape index (κ1) is 51.5. The maximum atomic E-state index is 14.1. The van der Waals surface area contributed by atoms with Crippen LogP contribution in [0.3, 0.4) is 0 Å². The van der Waals surface area contributed by atoms with Gasteiger partial charge in [0.25, 0.3) is 0 Å². The summed E-state index contributed by atoms with van der Waals surface area (Å²) in [6, 6.07) is 67.0. The normalized spacial score (nSPS) is 11.3. The molecule has 0 atom stereocenters. The van der Waals surface area contributed by atoms with Crippen molar-refractivity contribution in [1.82, 2.24) is 15.0 Å². The first-order valence-electron chi connectivity index (χ1n) is 24.4. The van der Waals surface area contributed by atoms with Gasteiger partial charge in [-0.25, -0.2) is 14.4 Å². The standard InChI is InChI=1S/C66H33Br3N3O6.Ir/c67-55-31-37-16-22-61(55)76-64(73)46-28-47-30-48(29-46)66(75)78-63-24-18-39(33-57(63)69)60-21-15-42(36-72-60)51-9-3-6-12-54(51)45-26-43(52-10-4-1-7-49(52)40-13-19-58(37)70-34-40)25-44(27-45)53-11-5-2-8-50(53)41-14-20-59(71-35-41)38-17-23-62(56(68)32-38)77-65(47)74;/h1-15,19-36H;/q-3;+3. The largest absolute Gasteiger partial charge is 3.00 e. The second kappa shape index (κ2) is 21.5. The van der Waals surface area contributed by atoms with Crippen LogP contribution in [0.2, 0.25) is 0 Å². The summed E-state index contributed by atoms with van der Waals surface area (Å²) in [4.78, 5) is 57.2. The van der Waals surface area contributed by atoms with Gasteiger partial charge in [0.05, 0.1) is 32.9 Å². The van der Waals surface area contributed by atoms with Crippen molar-refractivity contribution in [3.8, 4) is 0 Å². The molecule has 0 saturated carbocycles. The van der Waals surface area contributed by atoms with Crippen molar-refractivity contribution in [3.05, 3.63) is 263 Å².